The molecule has 2 aromatic rings. The number of benzene rings is 2. The highest BCUT2D eigenvalue weighted by atomic mass is 14.6. The van der Waals surface area contributed by atoms with Gasteiger partial charge in [0.05, 0.1) is 0 Å². The summed E-state index contributed by atoms with van der Waals surface area (Å²) in [6.07, 6.45) is 62.2. The first kappa shape index (κ1) is 96.6. The highest BCUT2D eigenvalue weighted by molar-refractivity contribution is 5.30. The van der Waals surface area contributed by atoms with E-state index in [1.165, 1.54) is 243 Å². The molecule has 111 heavy (non-hydrogen) atoms. The Hall–Kier alpha value is -1.56. The van der Waals surface area contributed by atoms with Crippen molar-refractivity contribution in [3.8, 4) is 0 Å². The van der Waals surface area contributed by atoms with Gasteiger partial charge in [-0.1, -0.05) is 384 Å². The van der Waals surface area contributed by atoms with Gasteiger partial charge in [-0.2, -0.15) is 0 Å². The van der Waals surface area contributed by atoms with Gasteiger partial charge >= 0.3 is 0 Å². The third-order valence-electron chi connectivity index (χ3n) is 33.2. The van der Waals surface area contributed by atoms with E-state index in [1.807, 2.05) is 0 Å². The van der Waals surface area contributed by atoms with Crippen LogP contribution in [-0.4, -0.2) is 0 Å². The quantitative estimate of drug-likeness (QED) is 0.270. The van der Waals surface area contributed by atoms with Crippen molar-refractivity contribution in [3.63, 3.8) is 0 Å². The maximum Gasteiger partial charge on any atom is -0.0142 e. The van der Waals surface area contributed by atoms with Gasteiger partial charge in [-0.3, -0.25) is 0 Å². The minimum Gasteiger partial charge on any atom is -0.0625 e. The van der Waals surface area contributed by atoms with Crippen molar-refractivity contribution in [2.75, 3.05) is 0 Å². The molecule has 0 heteroatoms. The van der Waals surface area contributed by atoms with Gasteiger partial charge in [0, 0.05) is 0 Å². The zero-order valence-corrected chi connectivity index (χ0v) is 80.8. The van der Waals surface area contributed by atoms with Crippen LogP contribution < -0.4 is 0 Å². The molecular weight excluding hydrogens is 1330 g/mol. The third-order valence-corrected chi connectivity index (χ3v) is 33.2. The van der Waals surface area contributed by atoms with Gasteiger partial charge in [-0.15, -0.1) is 0 Å². The molecule has 2 aromatic carbocycles. The molecule has 0 heterocycles. The first-order valence-corrected chi connectivity index (χ1v) is 49.7. The Morgan fingerprint density at radius 3 is 1.28 bits per heavy atom. The summed E-state index contributed by atoms with van der Waals surface area (Å²) in [7, 11) is 0. The van der Waals surface area contributed by atoms with E-state index in [4.69, 9.17) is 0 Å². The second-order valence-corrected chi connectivity index (χ2v) is 51.5. The molecule has 0 aliphatic heterocycles. The maximum atomic E-state index is 2.50. The number of hydrogen-bond donors (Lipinski definition) is 0. The smallest absolute Gasteiger partial charge is 0.0142 e. The van der Waals surface area contributed by atoms with Crippen molar-refractivity contribution in [1.29, 1.82) is 0 Å². The fraction of sp³-hybridized carbons (Fsp3) is 0.892. The lowest BCUT2D eigenvalue weighted by Crippen LogP contribution is -2.52. The lowest BCUT2D eigenvalue weighted by atomic mass is 9.44. The molecule has 15 rings (SSSR count). The summed E-state index contributed by atoms with van der Waals surface area (Å²) in [6, 6.07) is 18.4. The standard InChI is InChI=1S/C18H28.2C14H26.C14H20.C13H24.2C13H26.C12H22/c1-14(18(2,3)4)15-10-12-17(13-11-15)16-8-6-5-7-9-16;1-13(2,3)9-10-6-7-11-8-12(10)14(11,4)5;2*1-14(2,3)13-9-8-11-6-4-5-7-12(11)10-13;1-13(2,3)12-10-6-4-7-11(12)9-5-8-10;1-10(2)11-6-8-12(9-7-11)13(3,4)5;1-13(2,3)11-12-9-7-5-4-6-8-10-12;1-12(2,3)8-11-7-9-4-5-10(11)6-9/h10-14,16H,5-9H2,1-4H3;10-12H,6-9H2,1-5H3;11-13H,4-10H2,1-3H3;4-7,13H,8-10H2,1-3H3;10-12H,4-9H2,1-3H3;10-12H,6-9H2,1-5H3;12H,4-11H2,1-3H3;9-11H,4-8H2,1-3H3. The predicted molar refractivity (Wildman–Crippen MR) is 496 cm³/mol. The van der Waals surface area contributed by atoms with Crippen LogP contribution in [-0.2, 0) is 12.8 Å². The summed E-state index contributed by atoms with van der Waals surface area (Å²) in [5.74, 6) is 19.1. The van der Waals surface area contributed by atoms with Crippen molar-refractivity contribution in [1.82, 2.24) is 0 Å². The summed E-state index contributed by atoms with van der Waals surface area (Å²) >= 11 is 0. The first-order valence-electron chi connectivity index (χ1n) is 49.7. The average Bonchev–Trinajstić information content (AvgIpc) is 1.11. The predicted octanol–water partition coefficient (Wildman–Crippen LogP) is 36.2. The van der Waals surface area contributed by atoms with E-state index in [0.717, 1.165) is 107 Å². The number of rotatable bonds is 6. The Bertz CT molecular complexity index is 2820. The molecule has 0 N–H and O–H groups in total. The van der Waals surface area contributed by atoms with Crippen molar-refractivity contribution >= 4 is 0 Å². The third kappa shape index (κ3) is 32.2. The summed E-state index contributed by atoms with van der Waals surface area (Å²) in [5.41, 5.74) is 11.0. The number of aryl methyl sites for hydroxylation is 1. The largest absolute Gasteiger partial charge is 0.0625 e. The molecule has 0 spiro atoms. The normalized spacial score (nSPS) is 31.4. The summed E-state index contributed by atoms with van der Waals surface area (Å²) in [4.78, 5) is 0. The molecule has 12 fully saturated rings. The van der Waals surface area contributed by atoms with E-state index in [0.29, 0.717) is 54.7 Å². The SMILES string of the molecule is CC(C)(C)C1C2CCCC1CCC2.CC(C)(C)C1CCC2CCCCC2C1.CC(C)(C)C1CCc2ccccc2C1.CC(C)(C)CC1CC2CCC1C2.CC(C)(C)CC1CCC2CC1C2(C)C.CC(C)(C)CC1CCCCCCC1.CC(C)C1CCC(C(C)(C)C)CC1.CC(c1ccc(C2CCCCC2)cc1)C(C)(C)C. The second kappa shape index (κ2) is 42.6. The Morgan fingerprint density at radius 1 is 0.351 bits per heavy atom. The van der Waals surface area contributed by atoms with Crippen molar-refractivity contribution in [3.05, 3.63) is 70.8 Å². The highest BCUT2D eigenvalue weighted by Crippen LogP contribution is 2.63. The summed E-state index contributed by atoms with van der Waals surface area (Å²) in [5, 5.41) is 0. The topological polar surface area (TPSA) is 0 Å². The Labute approximate surface area is 698 Å². The lowest BCUT2D eigenvalue weighted by Gasteiger charge is -2.61. The first-order chi connectivity index (χ1) is 51.6. The van der Waals surface area contributed by atoms with Crippen LogP contribution in [0.2, 0.25) is 0 Å². The molecule has 0 radical (unpaired) electrons. The van der Waals surface area contributed by atoms with Gasteiger partial charge in [0.2, 0.25) is 0 Å². The summed E-state index contributed by atoms with van der Waals surface area (Å²) < 4.78 is 0. The van der Waals surface area contributed by atoms with Crippen molar-refractivity contribution in [2.24, 2.45) is 149 Å². The van der Waals surface area contributed by atoms with E-state index in [9.17, 15) is 0 Å². The van der Waals surface area contributed by atoms with Crippen LogP contribution in [0.3, 0.4) is 0 Å². The molecule has 13 aliphatic carbocycles. The molecule has 0 amide bonds. The van der Waals surface area contributed by atoms with Gasteiger partial charge < -0.3 is 0 Å². The van der Waals surface area contributed by atoms with Gasteiger partial charge in [-0.25, -0.2) is 0 Å². The Morgan fingerprint density at radius 2 is 0.820 bits per heavy atom. The second-order valence-electron chi connectivity index (χ2n) is 51.5. The van der Waals surface area contributed by atoms with Crippen LogP contribution in [0.5, 0.6) is 0 Å². The zero-order chi connectivity index (χ0) is 82.1. The fourth-order valence-electron chi connectivity index (χ4n) is 25.8. The molecule has 0 saturated heterocycles. The molecule has 6 bridgehead atoms. The fourth-order valence-corrected chi connectivity index (χ4v) is 25.8. The van der Waals surface area contributed by atoms with E-state index in [1.54, 1.807) is 48.8 Å². The van der Waals surface area contributed by atoms with Crippen LogP contribution in [0.1, 0.15) is 492 Å². The van der Waals surface area contributed by atoms with Crippen LogP contribution in [0.15, 0.2) is 48.5 Å². The molecule has 11 atom stereocenters. The highest BCUT2D eigenvalue weighted by Gasteiger charge is 2.54. The van der Waals surface area contributed by atoms with Crippen molar-refractivity contribution in [2.45, 2.75) is 482 Å². The van der Waals surface area contributed by atoms with Crippen LogP contribution in [0, 0.1) is 149 Å². The molecule has 0 aromatic heterocycles. The van der Waals surface area contributed by atoms with Gasteiger partial charge in [0.15, 0.2) is 0 Å². The Kier molecular flexibility index (Phi) is 37.1. The average molecular weight is 1530 g/mol. The lowest BCUT2D eigenvalue weighted by molar-refractivity contribution is -0.113. The maximum absolute atomic E-state index is 2.50. The van der Waals surface area contributed by atoms with E-state index < -0.39 is 0 Å². The summed E-state index contributed by atoms with van der Waals surface area (Å²) in [6.45, 7) is 69.5. The number of fused-ring (bicyclic) bond motifs is 8. The van der Waals surface area contributed by atoms with E-state index >= 15 is 0 Å². The monoisotopic (exact) mass is 1530 g/mol. The van der Waals surface area contributed by atoms with Crippen molar-refractivity contribution < 1.29 is 0 Å². The van der Waals surface area contributed by atoms with E-state index in [-0.39, 0.29) is 0 Å². The van der Waals surface area contributed by atoms with Gasteiger partial charge in [0.25, 0.3) is 0 Å². The number of hydrogen-bond acceptors (Lipinski definition) is 0. The van der Waals surface area contributed by atoms with Gasteiger partial charge in [0.1, 0.15) is 0 Å². The Balaban J connectivity index is 0.000000177. The van der Waals surface area contributed by atoms with E-state index in [2.05, 4.69) is 249 Å². The van der Waals surface area contributed by atoms with Crippen LogP contribution >= 0.6 is 0 Å². The van der Waals surface area contributed by atoms with Gasteiger partial charge in [-0.05, 0) is 318 Å². The van der Waals surface area contributed by atoms with Crippen LogP contribution in [0.25, 0.3) is 0 Å². The molecular formula is C111H198. The molecule has 0 nitrogen and oxygen atoms in total. The molecule has 13 aliphatic rings. The molecule has 11 unspecified atom stereocenters. The molecule has 642 valence electrons. The zero-order valence-electron chi connectivity index (χ0n) is 80.8. The minimum atomic E-state index is 0.354. The minimum absolute atomic E-state index is 0.354. The van der Waals surface area contributed by atoms with Crippen LogP contribution in [0.4, 0.5) is 0 Å². The molecule has 12 saturated carbocycles.